The van der Waals surface area contributed by atoms with Crippen LogP contribution in [-0.4, -0.2) is 25.2 Å². The predicted octanol–water partition coefficient (Wildman–Crippen LogP) is 2.02. The van der Waals surface area contributed by atoms with E-state index in [2.05, 4.69) is 31.5 Å². The number of hydrogen-bond acceptors (Lipinski definition) is 3. The highest BCUT2D eigenvalue weighted by Crippen LogP contribution is 2.18. The molecular formula is C15H17N5O. The molecule has 0 saturated carbocycles. The van der Waals surface area contributed by atoms with Crippen molar-refractivity contribution in [1.82, 2.24) is 14.1 Å². The molecule has 0 amide bonds. The van der Waals surface area contributed by atoms with Gasteiger partial charge in [-0.3, -0.25) is 0 Å². The Kier molecular flexibility index (Phi) is 3.59. The fourth-order valence-electron chi connectivity index (χ4n) is 2.44. The van der Waals surface area contributed by atoms with Gasteiger partial charge in [0.05, 0.1) is 6.33 Å². The minimum atomic E-state index is 0.128. The van der Waals surface area contributed by atoms with E-state index in [4.69, 9.17) is 10.9 Å². The third kappa shape index (κ3) is 2.74. The largest absolute Gasteiger partial charge is 0.409 e. The van der Waals surface area contributed by atoms with Crippen molar-refractivity contribution >= 4 is 16.7 Å². The maximum absolute atomic E-state index is 8.77. The van der Waals surface area contributed by atoms with Gasteiger partial charge in [-0.15, -0.1) is 0 Å². The van der Waals surface area contributed by atoms with Gasteiger partial charge < -0.3 is 20.1 Å². The maximum atomic E-state index is 8.77. The zero-order chi connectivity index (χ0) is 14.7. The SMILES string of the molecule is N/C(=N/O)c1ccc2ccn(CCCn3ccnc3)c2c1. The number of aromatic nitrogens is 3. The summed E-state index contributed by atoms with van der Waals surface area (Å²) >= 11 is 0. The fraction of sp³-hybridized carbons (Fsp3) is 0.200. The number of rotatable bonds is 5. The van der Waals surface area contributed by atoms with Gasteiger partial charge in [0, 0.05) is 42.8 Å². The first-order valence-electron chi connectivity index (χ1n) is 6.80. The number of nitrogens with zero attached hydrogens (tertiary/aromatic N) is 4. The monoisotopic (exact) mass is 283 g/mol. The molecule has 6 nitrogen and oxygen atoms in total. The molecule has 0 spiro atoms. The molecular weight excluding hydrogens is 266 g/mol. The van der Waals surface area contributed by atoms with Gasteiger partial charge >= 0.3 is 0 Å². The van der Waals surface area contributed by atoms with Crippen LogP contribution in [0.15, 0.2) is 54.3 Å². The van der Waals surface area contributed by atoms with Crippen LogP contribution in [0.1, 0.15) is 12.0 Å². The molecule has 2 heterocycles. The van der Waals surface area contributed by atoms with Crippen LogP contribution < -0.4 is 5.73 Å². The number of benzene rings is 1. The molecule has 0 atom stereocenters. The average molecular weight is 283 g/mol. The van der Waals surface area contributed by atoms with Crippen LogP contribution >= 0.6 is 0 Å². The Morgan fingerprint density at radius 1 is 1.24 bits per heavy atom. The third-order valence-corrected chi connectivity index (χ3v) is 3.55. The highest BCUT2D eigenvalue weighted by atomic mass is 16.4. The van der Waals surface area contributed by atoms with Crippen molar-refractivity contribution < 1.29 is 5.21 Å². The maximum Gasteiger partial charge on any atom is 0.170 e. The van der Waals surface area contributed by atoms with Crippen molar-refractivity contribution in [3.8, 4) is 0 Å². The van der Waals surface area contributed by atoms with E-state index in [0.717, 1.165) is 36.0 Å². The summed E-state index contributed by atoms with van der Waals surface area (Å²) < 4.78 is 4.24. The molecule has 3 rings (SSSR count). The molecule has 108 valence electrons. The lowest BCUT2D eigenvalue weighted by molar-refractivity contribution is 0.318. The third-order valence-electron chi connectivity index (χ3n) is 3.55. The minimum Gasteiger partial charge on any atom is -0.409 e. The smallest absolute Gasteiger partial charge is 0.170 e. The normalized spacial score (nSPS) is 12.1. The van der Waals surface area contributed by atoms with Crippen LogP contribution in [0.25, 0.3) is 10.9 Å². The molecule has 0 saturated heterocycles. The minimum absolute atomic E-state index is 0.128. The summed E-state index contributed by atoms with van der Waals surface area (Å²) in [7, 11) is 0. The van der Waals surface area contributed by atoms with Crippen LogP contribution in [0.3, 0.4) is 0 Å². The molecule has 2 aromatic heterocycles. The molecule has 0 bridgehead atoms. The van der Waals surface area contributed by atoms with Crippen LogP contribution in [0.4, 0.5) is 0 Å². The van der Waals surface area contributed by atoms with Crippen molar-refractivity contribution in [2.75, 3.05) is 0 Å². The lowest BCUT2D eigenvalue weighted by atomic mass is 10.1. The Hall–Kier alpha value is -2.76. The summed E-state index contributed by atoms with van der Waals surface area (Å²) in [5, 5.41) is 13.0. The summed E-state index contributed by atoms with van der Waals surface area (Å²) in [6.45, 7) is 1.83. The zero-order valence-electron chi connectivity index (χ0n) is 11.6. The Morgan fingerprint density at radius 3 is 2.90 bits per heavy atom. The molecule has 3 aromatic rings. The fourth-order valence-corrected chi connectivity index (χ4v) is 2.44. The van der Waals surface area contributed by atoms with E-state index in [9.17, 15) is 0 Å². The van der Waals surface area contributed by atoms with Gasteiger partial charge in [-0.25, -0.2) is 4.98 Å². The van der Waals surface area contributed by atoms with Crippen molar-refractivity contribution in [2.24, 2.45) is 10.9 Å². The van der Waals surface area contributed by atoms with Crippen LogP contribution in [0.5, 0.6) is 0 Å². The highest BCUT2D eigenvalue weighted by Gasteiger charge is 2.05. The first-order valence-corrected chi connectivity index (χ1v) is 6.80. The van der Waals surface area contributed by atoms with Gasteiger partial charge in [-0.05, 0) is 23.9 Å². The molecule has 6 heteroatoms. The van der Waals surface area contributed by atoms with Crippen molar-refractivity contribution in [1.29, 1.82) is 0 Å². The van der Waals surface area contributed by atoms with Crippen molar-refractivity contribution in [3.05, 3.63) is 54.7 Å². The standard InChI is InChI=1S/C15H17N5O/c16-15(18-21)13-3-2-12-4-8-20(14(12)10-13)7-1-6-19-9-5-17-11-19/h2-5,8-11,21H,1,6-7H2,(H2,16,18). The highest BCUT2D eigenvalue weighted by molar-refractivity contribution is 6.00. The average Bonchev–Trinajstić information content (AvgIpc) is 3.16. The summed E-state index contributed by atoms with van der Waals surface area (Å²) in [5.74, 6) is 0.128. The molecule has 21 heavy (non-hydrogen) atoms. The molecule has 0 aliphatic rings. The Morgan fingerprint density at radius 2 is 2.14 bits per heavy atom. The second-order valence-electron chi connectivity index (χ2n) is 4.92. The van der Waals surface area contributed by atoms with Gasteiger partial charge in [-0.1, -0.05) is 17.3 Å². The molecule has 0 fully saturated rings. The first-order chi connectivity index (χ1) is 10.3. The van der Waals surface area contributed by atoms with Crippen molar-refractivity contribution in [2.45, 2.75) is 19.5 Å². The molecule has 3 N–H and O–H groups in total. The van der Waals surface area contributed by atoms with E-state index in [1.54, 1.807) is 6.20 Å². The number of imidazole rings is 1. The Balaban J connectivity index is 1.78. The first kappa shape index (κ1) is 13.2. The van der Waals surface area contributed by atoms with Crippen LogP contribution in [0.2, 0.25) is 0 Å². The van der Waals surface area contributed by atoms with Gasteiger partial charge in [-0.2, -0.15) is 0 Å². The van der Waals surface area contributed by atoms with E-state index in [-0.39, 0.29) is 5.84 Å². The van der Waals surface area contributed by atoms with E-state index < -0.39 is 0 Å². The van der Waals surface area contributed by atoms with E-state index >= 15 is 0 Å². The predicted molar refractivity (Wildman–Crippen MR) is 81.3 cm³/mol. The van der Waals surface area contributed by atoms with Gasteiger partial charge in [0.25, 0.3) is 0 Å². The van der Waals surface area contributed by atoms with Crippen molar-refractivity contribution in [3.63, 3.8) is 0 Å². The summed E-state index contributed by atoms with van der Waals surface area (Å²) in [5.41, 5.74) is 7.46. The molecule has 0 unspecified atom stereocenters. The number of hydrogen-bond donors (Lipinski definition) is 2. The number of amidine groups is 1. The number of oxime groups is 1. The van der Waals surface area contributed by atoms with E-state index in [1.807, 2.05) is 30.7 Å². The molecule has 1 aromatic carbocycles. The number of aryl methyl sites for hydroxylation is 2. The quantitative estimate of drug-likeness (QED) is 0.325. The van der Waals surface area contributed by atoms with E-state index in [0.29, 0.717) is 0 Å². The second kappa shape index (κ2) is 5.70. The van der Waals surface area contributed by atoms with Gasteiger partial charge in [0.2, 0.25) is 0 Å². The van der Waals surface area contributed by atoms with Gasteiger partial charge in [0.15, 0.2) is 5.84 Å². The topological polar surface area (TPSA) is 81.4 Å². The zero-order valence-corrected chi connectivity index (χ0v) is 11.6. The van der Waals surface area contributed by atoms with Gasteiger partial charge in [0.1, 0.15) is 0 Å². The van der Waals surface area contributed by atoms with Crippen LogP contribution in [0, 0.1) is 0 Å². The van der Waals surface area contributed by atoms with Crippen LogP contribution in [-0.2, 0) is 13.1 Å². The Bertz CT molecular complexity index is 758. The summed E-state index contributed by atoms with van der Waals surface area (Å²) in [6, 6.07) is 7.85. The summed E-state index contributed by atoms with van der Waals surface area (Å²) in [6.07, 6.45) is 8.64. The summed E-state index contributed by atoms with van der Waals surface area (Å²) in [4.78, 5) is 4.03. The second-order valence-corrected chi connectivity index (χ2v) is 4.92. The van der Waals surface area contributed by atoms with E-state index in [1.165, 1.54) is 0 Å². The molecule has 0 radical (unpaired) electrons. The number of fused-ring (bicyclic) bond motifs is 1. The molecule has 0 aliphatic carbocycles. The molecule has 0 aliphatic heterocycles. The number of nitrogens with two attached hydrogens (primary N) is 1. The Labute approximate surface area is 122 Å². The lowest BCUT2D eigenvalue weighted by Crippen LogP contribution is -2.13. The lowest BCUT2D eigenvalue weighted by Gasteiger charge is -2.07.